The van der Waals surface area contributed by atoms with E-state index in [9.17, 15) is 10.2 Å². The minimum atomic E-state index is -1.12. The Morgan fingerprint density at radius 2 is 2.17 bits per heavy atom. The molecule has 100 valence electrons. The largest absolute Gasteiger partial charge is 0.394 e. The van der Waals surface area contributed by atoms with Crippen LogP contribution >= 0.6 is 15.9 Å². The summed E-state index contributed by atoms with van der Waals surface area (Å²) in [5, 5.41) is 31.6. The van der Waals surface area contributed by atoms with Crippen LogP contribution in [0.25, 0.3) is 0 Å². The molecule has 0 saturated carbocycles. The molecule has 18 heavy (non-hydrogen) atoms. The summed E-state index contributed by atoms with van der Waals surface area (Å²) in [6, 6.07) is 4.88. The zero-order valence-corrected chi connectivity index (χ0v) is 11.1. The van der Waals surface area contributed by atoms with E-state index in [-0.39, 0.29) is 13.2 Å². The highest BCUT2D eigenvalue weighted by Gasteiger charge is 2.38. The molecule has 4 N–H and O–H groups in total. The van der Waals surface area contributed by atoms with Crippen molar-refractivity contribution in [2.24, 2.45) is 0 Å². The maximum Gasteiger partial charge on any atom is 0.127 e. The Hall–Kier alpha value is -0.730. The second kappa shape index (κ2) is 5.94. The molecule has 0 unspecified atom stereocenters. The number of anilines is 1. The molecule has 6 nitrogen and oxygen atoms in total. The summed E-state index contributed by atoms with van der Waals surface area (Å²) in [5.74, 6) is 0.576. The molecule has 4 atom stereocenters. The van der Waals surface area contributed by atoms with Crippen molar-refractivity contribution in [2.75, 3.05) is 18.5 Å². The second-order valence-corrected chi connectivity index (χ2v) is 4.94. The lowest BCUT2D eigenvalue weighted by Gasteiger charge is -2.37. The maximum absolute atomic E-state index is 9.93. The van der Waals surface area contributed by atoms with E-state index in [0.29, 0.717) is 10.4 Å². The zero-order chi connectivity index (χ0) is 13.1. The first-order valence-electron chi connectivity index (χ1n) is 5.59. The van der Waals surface area contributed by atoms with Crippen molar-refractivity contribution in [1.29, 1.82) is 0 Å². The molecule has 7 heteroatoms. The highest BCUT2D eigenvalue weighted by Crippen LogP contribution is 2.19. The van der Waals surface area contributed by atoms with E-state index in [0.717, 1.165) is 0 Å². The molecular formula is C11H15BrN2O4. The van der Waals surface area contributed by atoms with Gasteiger partial charge in [0.05, 0.1) is 19.3 Å². The third-order valence-electron chi connectivity index (χ3n) is 2.86. The van der Waals surface area contributed by atoms with Crippen molar-refractivity contribution >= 4 is 21.7 Å². The topological polar surface area (TPSA) is 94.8 Å². The molecule has 0 amide bonds. The number of nitrogens with zero attached hydrogens (tertiary/aromatic N) is 1. The SMILES string of the molecule is OC[C@H]1OC[C@H](Nc2cccc(Br)n2)[C@@H](O)[C@H]1O. The summed E-state index contributed by atoms with van der Waals surface area (Å²) < 4.78 is 5.94. The van der Waals surface area contributed by atoms with Crippen molar-refractivity contribution in [3.8, 4) is 0 Å². The number of rotatable bonds is 3. The van der Waals surface area contributed by atoms with Crippen molar-refractivity contribution < 1.29 is 20.1 Å². The lowest BCUT2D eigenvalue weighted by molar-refractivity contribution is -0.152. The lowest BCUT2D eigenvalue weighted by Crippen LogP contribution is -2.56. The third-order valence-corrected chi connectivity index (χ3v) is 3.30. The van der Waals surface area contributed by atoms with Crippen LogP contribution in [0.15, 0.2) is 22.8 Å². The van der Waals surface area contributed by atoms with Gasteiger partial charge in [-0.25, -0.2) is 4.98 Å². The minimum absolute atomic E-state index is 0.192. The Morgan fingerprint density at radius 3 is 2.83 bits per heavy atom. The Labute approximate surface area is 113 Å². The van der Waals surface area contributed by atoms with E-state index in [2.05, 4.69) is 26.2 Å². The number of aromatic nitrogens is 1. The van der Waals surface area contributed by atoms with Crippen molar-refractivity contribution in [3.05, 3.63) is 22.8 Å². The Kier molecular flexibility index (Phi) is 4.52. The number of halogens is 1. The van der Waals surface area contributed by atoms with Crippen LogP contribution in [0.3, 0.4) is 0 Å². The molecule has 0 aliphatic carbocycles. The minimum Gasteiger partial charge on any atom is -0.394 e. The molecule has 0 bridgehead atoms. The normalized spacial score (nSPS) is 32.2. The summed E-state index contributed by atoms with van der Waals surface area (Å²) in [5.41, 5.74) is 0. The van der Waals surface area contributed by atoms with Gasteiger partial charge in [-0.15, -0.1) is 0 Å². The predicted octanol–water partition coefficient (Wildman–Crippen LogP) is -0.263. The van der Waals surface area contributed by atoms with Gasteiger partial charge in [0, 0.05) is 0 Å². The van der Waals surface area contributed by atoms with Crippen molar-refractivity contribution in [2.45, 2.75) is 24.4 Å². The van der Waals surface area contributed by atoms with Crippen LogP contribution in [0.5, 0.6) is 0 Å². The second-order valence-electron chi connectivity index (χ2n) is 4.13. The monoisotopic (exact) mass is 318 g/mol. The summed E-state index contributed by atoms with van der Waals surface area (Å²) in [6.07, 6.45) is -2.88. The molecule has 2 rings (SSSR count). The van der Waals surface area contributed by atoms with E-state index in [1.807, 2.05) is 6.07 Å². The first-order valence-corrected chi connectivity index (χ1v) is 6.39. The Morgan fingerprint density at radius 1 is 1.39 bits per heavy atom. The molecule has 1 aromatic rings. The van der Waals surface area contributed by atoms with Gasteiger partial charge in [0.15, 0.2) is 0 Å². The van der Waals surface area contributed by atoms with Gasteiger partial charge in [0.2, 0.25) is 0 Å². The van der Waals surface area contributed by atoms with E-state index in [1.165, 1.54) is 0 Å². The van der Waals surface area contributed by atoms with Crippen molar-refractivity contribution in [1.82, 2.24) is 4.98 Å². The number of nitrogens with one attached hydrogen (secondary N) is 1. The number of pyridine rings is 1. The average Bonchev–Trinajstić information content (AvgIpc) is 2.35. The molecule has 2 heterocycles. The van der Waals surface area contributed by atoms with Crippen LogP contribution in [0.4, 0.5) is 5.82 Å². The number of ether oxygens (including phenoxy) is 1. The van der Waals surface area contributed by atoms with E-state index in [1.54, 1.807) is 12.1 Å². The van der Waals surface area contributed by atoms with Crippen LogP contribution < -0.4 is 5.32 Å². The number of aliphatic hydroxyl groups is 3. The van der Waals surface area contributed by atoms with Crippen molar-refractivity contribution in [3.63, 3.8) is 0 Å². The highest BCUT2D eigenvalue weighted by molar-refractivity contribution is 9.10. The molecule has 1 aliphatic heterocycles. The molecule has 1 aliphatic rings. The van der Waals surface area contributed by atoms with Gasteiger partial charge in [-0.1, -0.05) is 6.07 Å². The van der Waals surface area contributed by atoms with Gasteiger partial charge in [-0.05, 0) is 28.1 Å². The smallest absolute Gasteiger partial charge is 0.127 e. The molecule has 1 saturated heterocycles. The number of aliphatic hydroxyl groups excluding tert-OH is 3. The maximum atomic E-state index is 9.93. The Bertz CT molecular complexity index is 406. The van der Waals surface area contributed by atoms with Gasteiger partial charge < -0.3 is 25.4 Å². The Balaban J connectivity index is 2.02. The van der Waals surface area contributed by atoms with Gasteiger partial charge in [0.25, 0.3) is 0 Å². The number of hydrogen-bond donors (Lipinski definition) is 4. The molecule has 0 spiro atoms. The number of hydrogen-bond acceptors (Lipinski definition) is 6. The zero-order valence-electron chi connectivity index (χ0n) is 9.53. The highest BCUT2D eigenvalue weighted by atomic mass is 79.9. The standard InChI is InChI=1S/C11H15BrN2O4/c12-8-2-1-3-9(14-8)13-6-5-18-7(4-15)11(17)10(6)16/h1-3,6-7,10-11,15-17H,4-5H2,(H,13,14)/t6-,7+,10+,11-/m0/s1. The van der Waals surface area contributed by atoms with Crippen LogP contribution in [0.1, 0.15) is 0 Å². The summed E-state index contributed by atoms with van der Waals surface area (Å²) in [6.45, 7) is -0.127. The van der Waals surface area contributed by atoms with Crippen LogP contribution in [0.2, 0.25) is 0 Å². The third kappa shape index (κ3) is 2.99. The fraction of sp³-hybridized carbons (Fsp3) is 0.545. The van der Waals surface area contributed by atoms with E-state index in [4.69, 9.17) is 9.84 Å². The van der Waals surface area contributed by atoms with Crippen LogP contribution in [-0.2, 0) is 4.74 Å². The molecule has 1 fully saturated rings. The van der Waals surface area contributed by atoms with E-state index >= 15 is 0 Å². The lowest BCUT2D eigenvalue weighted by atomic mass is 9.98. The van der Waals surface area contributed by atoms with Gasteiger partial charge in [-0.3, -0.25) is 0 Å². The average molecular weight is 319 g/mol. The van der Waals surface area contributed by atoms with Gasteiger partial charge >= 0.3 is 0 Å². The molecule has 0 aromatic carbocycles. The molecule has 0 radical (unpaired) electrons. The van der Waals surface area contributed by atoms with E-state index < -0.39 is 24.4 Å². The van der Waals surface area contributed by atoms with Crippen LogP contribution in [-0.4, -0.2) is 57.9 Å². The predicted molar refractivity (Wildman–Crippen MR) is 68.2 cm³/mol. The fourth-order valence-electron chi connectivity index (χ4n) is 1.85. The molecule has 1 aromatic heterocycles. The summed E-state index contributed by atoms with van der Waals surface area (Å²) in [4.78, 5) is 4.17. The summed E-state index contributed by atoms with van der Waals surface area (Å²) >= 11 is 3.25. The summed E-state index contributed by atoms with van der Waals surface area (Å²) in [7, 11) is 0. The first kappa shape index (κ1) is 13.7. The fourth-order valence-corrected chi connectivity index (χ4v) is 2.19. The van der Waals surface area contributed by atoms with Gasteiger partial charge in [-0.2, -0.15) is 0 Å². The van der Waals surface area contributed by atoms with Crippen LogP contribution in [0, 0.1) is 0 Å². The first-order chi connectivity index (χ1) is 8.61. The molecular weight excluding hydrogens is 304 g/mol. The quantitative estimate of drug-likeness (QED) is 0.574. The van der Waals surface area contributed by atoms with Gasteiger partial charge in [0.1, 0.15) is 28.7 Å².